The van der Waals surface area contributed by atoms with E-state index in [0.717, 1.165) is 55.0 Å². The maximum absolute atomic E-state index is 13.8. The van der Waals surface area contributed by atoms with Gasteiger partial charge in [0.1, 0.15) is 11.6 Å². The van der Waals surface area contributed by atoms with Gasteiger partial charge < -0.3 is 30.6 Å². The Labute approximate surface area is 277 Å². The second-order valence-electron chi connectivity index (χ2n) is 14.7. The molecule has 4 N–H and O–H groups in total. The molecule has 1 saturated carbocycles. The standard InChI is InChI=1S/C38H49N5O4/c1-37(2,3)47-36(46)41-24-27-10-8-9-26(21-27)23-40-34(44)33(22-29-25-39-32-14-7-5-12-30(29)32)42-35(45)43-19-17-38(18-20-43)16-15-28-11-4-6-13-31(28)38/h4-7,11-16,25-27,33,39H,8-10,17-24H2,1-3H3,(H,40,44)(H,41,46)(H,42,45)/t26-,27+,33+/m0/s1. The highest BCUT2D eigenvalue weighted by molar-refractivity contribution is 5.89. The van der Waals surface area contributed by atoms with Crippen LogP contribution in [0.2, 0.25) is 0 Å². The minimum absolute atomic E-state index is 0.0194. The number of fused-ring (bicyclic) bond motifs is 3. The van der Waals surface area contributed by atoms with Crippen molar-refractivity contribution < 1.29 is 19.1 Å². The van der Waals surface area contributed by atoms with Crippen molar-refractivity contribution in [2.75, 3.05) is 26.2 Å². The third-order valence-electron chi connectivity index (χ3n) is 10.1. The van der Waals surface area contributed by atoms with E-state index in [-0.39, 0.29) is 17.4 Å². The minimum Gasteiger partial charge on any atom is -0.444 e. The fraction of sp³-hybridized carbons (Fsp3) is 0.500. The molecule has 2 heterocycles. The molecule has 2 aliphatic carbocycles. The largest absolute Gasteiger partial charge is 0.444 e. The van der Waals surface area contributed by atoms with Crippen LogP contribution in [0.25, 0.3) is 17.0 Å². The van der Waals surface area contributed by atoms with Crippen molar-refractivity contribution in [3.63, 3.8) is 0 Å². The van der Waals surface area contributed by atoms with Gasteiger partial charge in [-0.25, -0.2) is 9.59 Å². The van der Waals surface area contributed by atoms with Crippen molar-refractivity contribution in [2.24, 2.45) is 11.8 Å². The summed E-state index contributed by atoms with van der Waals surface area (Å²) < 4.78 is 5.39. The first kappa shape index (κ1) is 32.7. The first-order valence-electron chi connectivity index (χ1n) is 17.2. The van der Waals surface area contributed by atoms with Gasteiger partial charge in [0, 0.05) is 55.1 Å². The number of H-pyrrole nitrogens is 1. The van der Waals surface area contributed by atoms with Crippen molar-refractivity contribution in [3.8, 4) is 0 Å². The topological polar surface area (TPSA) is 116 Å². The van der Waals surface area contributed by atoms with Crippen molar-refractivity contribution >= 4 is 35.0 Å². The van der Waals surface area contributed by atoms with E-state index in [9.17, 15) is 14.4 Å². The highest BCUT2D eigenvalue weighted by Crippen LogP contribution is 2.43. The molecule has 1 saturated heterocycles. The molecule has 4 amide bonds. The van der Waals surface area contributed by atoms with E-state index >= 15 is 0 Å². The molecule has 9 heteroatoms. The summed E-state index contributed by atoms with van der Waals surface area (Å²) in [5, 5.41) is 10.3. The number of hydrogen-bond acceptors (Lipinski definition) is 4. The Bertz CT molecular complexity index is 1610. The third kappa shape index (κ3) is 7.83. The van der Waals surface area contributed by atoms with Crippen molar-refractivity contribution in [1.29, 1.82) is 0 Å². The molecule has 2 fully saturated rings. The van der Waals surface area contributed by atoms with Crippen molar-refractivity contribution in [2.45, 2.75) is 82.8 Å². The Morgan fingerprint density at radius 1 is 0.979 bits per heavy atom. The number of nitrogens with zero attached hydrogens (tertiary/aromatic N) is 1. The Kier molecular flexibility index (Phi) is 9.62. The number of carbonyl (C=O) groups excluding carboxylic acids is 3. The summed E-state index contributed by atoms with van der Waals surface area (Å²) in [7, 11) is 0. The predicted octanol–water partition coefficient (Wildman–Crippen LogP) is 6.30. The Morgan fingerprint density at radius 3 is 2.45 bits per heavy atom. The van der Waals surface area contributed by atoms with Gasteiger partial charge in [0.25, 0.3) is 0 Å². The number of piperidine rings is 1. The molecular formula is C38H49N5O4. The summed E-state index contributed by atoms with van der Waals surface area (Å²) in [6.07, 6.45) is 12.2. The highest BCUT2D eigenvalue weighted by atomic mass is 16.6. The quantitative estimate of drug-likeness (QED) is 0.232. The first-order valence-corrected chi connectivity index (χ1v) is 17.2. The summed E-state index contributed by atoms with van der Waals surface area (Å²) >= 11 is 0. The smallest absolute Gasteiger partial charge is 0.407 e. The summed E-state index contributed by atoms with van der Waals surface area (Å²) in [6, 6.07) is 15.7. The molecule has 1 spiro atoms. The lowest BCUT2D eigenvalue weighted by molar-refractivity contribution is -0.123. The van der Waals surface area contributed by atoms with Crippen LogP contribution < -0.4 is 16.0 Å². The van der Waals surface area contributed by atoms with E-state index in [1.807, 2.05) is 56.1 Å². The van der Waals surface area contributed by atoms with Crippen LogP contribution in [0.15, 0.2) is 60.8 Å². The van der Waals surface area contributed by atoms with E-state index in [0.29, 0.717) is 44.4 Å². The molecule has 2 aromatic carbocycles. The number of aromatic nitrogens is 1. The normalized spacial score (nSPS) is 20.9. The van der Waals surface area contributed by atoms with Crippen LogP contribution >= 0.6 is 0 Å². The van der Waals surface area contributed by atoms with Gasteiger partial charge in [-0.05, 0) is 87.5 Å². The molecule has 6 rings (SSSR count). The third-order valence-corrected chi connectivity index (χ3v) is 10.1. The summed E-state index contributed by atoms with van der Waals surface area (Å²) in [5.74, 6) is 0.478. The zero-order valence-electron chi connectivity index (χ0n) is 27.9. The molecule has 250 valence electrons. The first-order chi connectivity index (χ1) is 22.6. The average Bonchev–Trinajstić information content (AvgIpc) is 3.63. The van der Waals surface area contributed by atoms with Crippen LogP contribution in [-0.2, 0) is 21.4 Å². The minimum atomic E-state index is -0.710. The van der Waals surface area contributed by atoms with Crippen LogP contribution in [-0.4, -0.2) is 65.7 Å². The molecule has 3 aromatic rings. The maximum Gasteiger partial charge on any atom is 0.407 e. The number of carbonyl (C=O) groups is 3. The number of rotatable bonds is 8. The molecule has 1 aliphatic heterocycles. The van der Waals surface area contributed by atoms with Gasteiger partial charge in [0.05, 0.1) is 0 Å². The fourth-order valence-corrected chi connectivity index (χ4v) is 7.63. The second-order valence-corrected chi connectivity index (χ2v) is 14.7. The van der Waals surface area contributed by atoms with E-state index in [1.165, 1.54) is 11.1 Å². The lowest BCUT2D eigenvalue weighted by Crippen LogP contribution is -2.55. The van der Waals surface area contributed by atoms with Crippen LogP contribution in [0, 0.1) is 11.8 Å². The summed E-state index contributed by atoms with van der Waals surface area (Å²) in [6.45, 7) is 7.94. The van der Waals surface area contributed by atoms with Gasteiger partial charge in [-0.3, -0.25) is 4.79 Å². The van der Waals surface area contributed by atoms with Crippen LogP contribution in [0.1, 0.15) is 76.0 Å². The van der Waals surface area contributed by atoms with Gasteiger partial charge in [-0.1, -0.05) is 61.0 Å². The Hall–Kier alpha value is -4.27. The number of urea groups is 1. The summed E-state index contributed by atoms with van der Waals surface area (Å²) in [5.41, 5.74) is 4.07. The molecule has 1 aromatic heterocycles. The number of nitrogens with one attached hydrogen (secondary N) is 4. The molecule has 0 bridgehead atoms. The van der Waals surface area contributed by atoms with Crippen LogP contribution in [0.4, 0.5) is 9.59 Å². The number of ether oxygens (including phenoxy) is 1. The molecule has 0 radical (unpaired) electrons. The zero-order valence-corrected chi connectivity index (χ0v) is 27.9. The fourth-order valence-electron chi connectivity index (χ4n) is 7.63. The van der Waals surface area contributed by atoms with E-state index in [4.69, 9.17) is 4.74 Å². The van der Waals surface area contributed by atoms with E-state index in [2.05, 4.69) is 57.4 Å². The number of para-hydroxylation sites is 1. The van der Waals surface area contributed by atoms with Gasteiger partial charge in [0.15, 0.2) is 0 Å². The number of aromatic amines is 1. The number of hydrogen-bond donors (Lipinski definition) is 4. The number of alkyl carbamates (subject to hydrolysis) is 1. The molecule has 9 nitrogen and oxygen atoms in total. The average molecular weight is 640 g/mol. The zero-order chi connectivity index (χ0) is 33.0. The van der Waals surface area contributed by atoms with Crippen molar-refractivity contribution in [1.82, 2.24) is 25.8 Å². The molecular weight excluding hydrogens is 590 g/mol. The highest BCUT2D eigenvalue weighted by Gasteiger charge is 2.39. The number of allylic oxidation sites excluding steroid dienone is 1. The monoisotopic (exact) mass is 639 g/mol. The van der Waals surface area contributed by atoms with E-state index < -0.39 is 17.7 Å². The molecule has 3 atom stereocenters. The maximum atomic E-state index is 13.8. The SMILES string of the molecule is CC(C)(C)OC(=O)NC[C@@H]1CCC[C@H](CNC(=O)[C@@H](Cc2c[nH]c3ccccc23)NC(=O)N2CCC3(C=Cc4ccccc43)CC2)C1. The van der Waals surface area contributed by atoms with Gasteiger partial charge in [-0.15, -0.1) is 0 Å². The molecule has 0 unspecified atom stereocenters. The van der Waals surface area contributed by atoms with Gasteiger partial charge >= 0.3 is 12.1 Å². The number of benzene rings is 2. The summed E-state index contributed by atoms with van der Waals surface area (Å²) in [4.78, 5) is 44.8. The van der Waals surface area contributed by atoms with Gasteiger partial charge in [0.2, 0.25) is 5.91 Å². The lowest BCUT2D eigenvalue weighted by Gasteiger charge is -2.39. The second kappa shape index (κ2) is 13.8. The lowest BCUT2D eigenvalue weighted by atomic mass is 9.74. The van der Waals surface area contributed by atoms with Crippen LogP contribution in [0.5, 0.6) is 0 Å². The van der Waals surface area contributed by atoms with Crippen molar-refractivity contribution in [3.05, 3.63) is 77.5 Å². The Balaban J connectivity index is 1.07. The van der Waals surface area contributed by atoms with Gasteiger partial charge in [-0.2, -0.15) is 0 Å². The predicted molar refractivity (Wildman–Crippen MR) is 185 cm³/mol. The molecule has 3 aliphatic rings. The van der Waals surface area contributed by atoms with Crippen LogP contribution in [0.3, 0.4) is 0 Å². The van der Waals surface area contributed by atoms with E-state index in [1.54, 1.807) is 0 Å². The Morgan fingerprint density at radius 2 is 1.68 bits per heavy atom. The number of likely N-dealkylation sites (tertiary alicyclic amines) is 1. The molecule has 47 heavy (non-hydrogen) atoms. The number of amides is 4.